The molecule has 28 heavy (non-hydrogen) atoms. The standard InChI is InChI=1S/C23H30N2O2S/c1-15(2)18-6-5-7-19(16(3)4)23(18)24-21(26)8-9-22(27)25-12-10-20-17(14-25)11-13-28-20/h5-7,11,13,15-16H,8-10,12,14H2,1-4H3,(H,24,26). The number of hydrogen-bond acceptors (Lipinski definition) is 3. The Hall–Kier alpha value is -2.14. The molecule has 0 spiro atoms. The van der Waals surface area contributed by atoms with Crippen LogP contribution >= 0.6 is 11.3 Å². The molecule has 0 atom stereocenters. The lowest BCUT2D eigenvalue weighted by Crippen LogP contribution is -2.35. The number of fused-ring (bicyclic) bond motifs is 1. The van der Waals surface area contributed by atoms with Gasteiger partial charge in [-0.15, -0.1) is 11.3 Å². The maximum atomic E-state index is 12.6. The minimum absolute atomic E-state index is 0.0632. The molecule has 1 aliphatic rings. The van der Waals surface area contributed by atoms with Crippen LogP contribution in [-0.2, 0) is 22.6 Å². The Bertz CT molecular complexity index is 828. The molecule has 0 saturated heterocycles. The van der Waals surface area contributed by atoms with Crippen molar-refractivity contribution in [3.05, 3.63) is 51.2 Å². The molecule has 150 valence electrons. The second-order valence-corrected chi connectivity index (χ2v) is 9.10. The van der Waals surface area contributed by atoms with Crippen LogP contribution < -0.4 is 5.32 Å². The summed E-state index contributed by atoms with van der Waals surface area (Å²) in [5.41, 5.74) is 4.46. The van der Waals surface area contributed by atoms with Crippen LogP contribution in [0.2, 0.25) is 0 Å². The Labute approximate surface area is 172 Å². The highest BCUT2D eigenvalue weighted by Crippen LogP contribution is 2.32. The highest BCUT2D eigenvalue weighted by Gasteiger charge is 2.22. The van der Waals surface area contributed by atoms with Gasteiger partial charge < -0.3 is 10.2 Å². The number of para-hydroxylation sites is 1. The summed E-state index contributed by atoms with van der Waals surface area (Å²) in [6.45, 7) is 9.96. The fraction of sp³-hybridized carbons (Fsp3) is 0.478. The van der Waals surface area contributed by atoms with Gasteiger partial charge in [-0.25, -0.2) is 0 Å². The Kier molecular flexibility index (Phi) is 6.55. The number of hydrogen-bond donors (Lipinski definition) is 1. The van der Waals surface area contributed by atoms with Gasteiger partial charge in [0.05, 0.1) is 0 Å². The summed E-state index contributed by atoms with van der Waals surface area (Å²) in [5, 5.41) is 5.19. The van der Waals surface area contributed by atoms with Gasteiger partial charge in [-0.3, -0.25) is 9.59 Å². The van der Waals surface area contributed by atoms with Crippen LogP contribution in [-0.4, -0.2) is 23.3 Å². The van der Waals surface area contributed by atoms with Crippen LogP contribution in [0.5, 0.6) is 0 Å². The van der Waals surface area contributed by atoms with E-state index in [0.717, 1.165) is 29.8 Å². The Balaban J connectivity index is 1.61. The zero-order valence-electron chi connectivity index (χ0n) is 17.2. The molecule has 1 aromatic carbocycles. The second-order valence-electron chi connectivity index (χ2n) is 8.10. The van der Waals surface area contributed by atoms with Crippen molar-refractivity contribution in [2.24, 2.45) is 0 Å². The first-order valence-electron chi connectivity index (χ1n) is 10.1. The Morgan fingerprint density at radius 2 is 1.75 bits per heavy atom. The molecule has 1 aliphatic heterocycles. The maximum Gasteiger partial charge on any atom is 0.224 e. The number of amides is 2. The van der Waals surface area contributed by atoms with Crippen LogP contribution in [0.3, 0.4) is 0 Å². The van der Waals surface area contributed by atoms with Crippen molar-refractivity contribution in [3.63, 3.8) is 0 Å². The summed E-state index contributed by atoms with van der Waals surface area (Å²) in [6.07, 6.45) is 1.40. The van der Waals surface area contributed by atoms with Crippen molar-refractivity contribution in [2.75, 3.05) is 11.9 Å². The topological polar surface area (TPSA) is 49.4 Å². The lowest BCUT2D eigenvalue weighted by molar-refractivity contribution is -0.133. The van der Waals surface area contributed by atoms with Gasteiger partial charge >= 0.3 is 0 Å². The lowest BCUT2D eigenvalue weighted by Gasteiger charge is -2.27. The monoisotopic (exact) mass is 398 g/mol. The highest BCUT2D eigenvalue weighted by molar-refractivity contribution is 7.10. The molecule has 2 heterocycles. The van der Waals surface area contributed by atoms with Crippen molar-refractivity contribution in [1.82, 2.24) is 4.90 Å². The second kappa shape index (κ2) is 8.91. The van der Waals surface area contributed by atoms with E-state index in [0.29, 0.717) is 18.4 Å². The molecule has 0 bridgehead atoms. The number of carbonyl (C=O) groups excluding carboxylic acids is 2. The zero-order valence-corrected chi connectivity index (χ0v) is 18.1. The van der Waals surface area contributed by atoms with E-state index in [9.17, 15) is 9.59 Å². The van der Waals surface area contributed by atoms with Crippen LogP contribution in [0.4, 0.5) is 5.69 Å². The Morgan fingerprint density at radius 3 is 2.39 bits per heavy atom. The van der Waals surface area contributed by atoms with Crippen molar-refractivity contribution in [3.8, 4) is 0 Å². The molecule has 1 N–H and O–H groups in total. The summed E-state index contributed by atoms with van der Waals surface area (Å²) in [4.78, 5) is 28.5. The van der Waals surface area contributed by atoms with Crippen LogP contribution in [0.15, 0.2) is 29.6 Å². The molecule has 1 aromatic heterocycles. The summed E-state index contributed by atoms with van der Waals surface area (Å²) >= 11 is 1.76. The van der Waals surface area contributed by atoms with Gasteiger partial charge in [0, 0.05) is 36.5 Å². The third-order valence-corrected chi connectivity index (χ3v) is 6.39. The minimum Gasteiger partial charge on any atom is -0.338 e. The summed E-state index contributed by atoms with van der Waals surface area (Å²) in [7, 11) is 0. The number of nitrogens with zero attached hydrogens (tertiary/aromatic N) is 1. The third kappa shape index (κ3) is 4.64. The zero-order chi connectivity index (χ0) is 20.3. The summed E-state index contributed by atoms with van der Waals surface area (Å²) in [6, 6.07) is 8.30. The molecule has 0 unspecified atom stereocenters. The van der Waals surface area contributed by atoms with E-state index in [4.69, 9.17) is 0 Å². The van der Waals surface area contributed by atoms with E-state index in [-0.39, 0.29) is 24.7 Å². The van der Waals surface area contributed by atoms with Crippen LogP contribution in [0, 0.1) is 0 Å². The predicted molar refractivity (Wildman–Crippen MR) is 116 cm³/mol. The van der Waals surface area contributed by atoms with E-state index in [1.165, 1.54) is 10.4 Å². The van der Waals surface area contributed by atoms with Gasteiger partial charge in [0.2, 0.25) is 11.8 Å². The molecule has 3 rings (SSSR count). The van der Waals surface area contributed by atoms with Crippen LogP contribution in [0.1, 0.15) is 73.9 Å². The van der Waals surface area contributed by atoms with E-state index in [1.54, 1.807) is 11.3 Å². The first kappa shape index (κ1) is 20.6. The summed E-state index contributed by atoms with van der Waals surface area (Å²) in [5.74, 6) is 0.623. The molecule has 5 heteroatoms. The lowest BCUT2D eigenvalue weighted by atomic mass is 9.92. The largest absolute Gasteiger partial charge is 0.338 e. The predicted octanol–water partition coefficient (Wildman–Crippen LogP) is 5.30. The Morgan fingerprint density at radius 1 is 1.07 bits per heavy atom. The first-order valence-corrected chi connectivity index (χ1v) is 11.0. The number of thiophene rings is 1. The van der Waals surface area contributed by atoms with E-state index in [1.807, 2.05) is 4.90 Å². The van der Waals surface area contributed by atoms with E-state index in [2.05, 4.69) is 62.7 Å². The molecular weight excluding hydrogens is 368 g/mol. The SMILES string of the molecule is CC(C)c1cccc(C(C)C)c1NC(=O)CCC(=O)N1CCc2sccc2C1. The van der Waals surface area contributed by atoms with E-state index >= 15 is 0 Å². The molecule has 4 nitrogen and oxygen atoms in total. The molecule has 2 aromatic rings. The molecule has 0 fully saturated rings. The molecule has 0 aliphatic carbocycles. The normalized spacial score (nSPS) is 13.7. The summed E-state index contributed by atoms with van der Waals surface area (Å²) < 4.78 is 0. The minimum atomic E-state index is -0.0865. The maximum absolute atomic E-state index is 12.6. The highest BCUT2D eigenvalue weighted by atomic mass is 32.1. The van der Waals surface area contributed by atoms with Crippen molar-refractivity contribution < 1.29 is 9.59 Å². The fourth-order valence-electron chi connectivity index (χ4n) is 3.74. The van der Waals surface area contributed by atoms with Crippen molar-refractivity contribution in [1.29, 1.82) is 0 Å². The third-order valence-electron chi connectivity index (χ3n) is 5.36. The van der Waals surface area contributed by atoms with Gasteiger partial charge in [-0.1, -0.05) is 45.9 Å². The van der Waals surface area contributed by atoms with Crippen molar-refractivity contribution in [2.45, 2.75) is 65.3 Å². The molecule has 2 amide bonds. The number of nitrogens with one attached hydrogen (secondary N) is 1. The van der Waals surface area contributed by atoms with Gasteiger partial charge in [0.25, 0.3) is 0 Å². The average Bonchev–Trinajstić information content (AvgIpc) is 3.13. The smallest absolute Gasteiger partial charge is 0.224 e. The van der Waals surface area contributed by atoms with Gasteiger partial charge in [-0.2, -0.15) is 0 Å². The quantitative estimate of drug-likeness (QED) is 0.718. The van der Waals surface area contributed by atoms with E-state index < -0.39 is 0 Å². The molecule has 0 saturated carbocycles. The number of carbonyl (C=O) groups is 2. The molecule has 0 radical (unpaired) electrons. The van der Waals surface area contributed by atoms with Crippen molar-refractivity contribution >= 4 is 28.8 Å². The number of anilines is 1. The molecular formula is C23H30N2O2S. The van der Waals surface area contributed by atoms with Crippen LogP contribution in [0.25, 0.3) is 0 Å². The van der Waals surface area contributed by atoms with Gasteiger partial charge in [-0.05, 0) is 46.4 Å². The first-order chi connectivity index (χ1) is 13.4. The van der Waals surface area contributed by atoms with Gasteiger partial charge in [0.15, 0.2) is 0 Å². The fourth-order valence-corrected chi connectivity index (χ4v) is 4.63. The van der Waals surface area contributed by atoms with Gasteiger partial charge in [0.1, 0.15) is 0 Å². The average molecular weight is 399 g/mol. The number of benzene rings is 1. The number of rotatable bonds is 6.